The zero-order chi connectivity index (χ0) is 52.0. The van der Waals surface area contributed by atoms with Crippen LogP contribution in [0.25, 0.3) is 22.2 Å². The van der Waals surface area contributed by atoms with Gasteiger partial charge in [-0.05, 0) is 139 Å². The molecule has 18 heteroatoms. The highest BCUT2D eigenvalue weighted by Crippen LogP contribution is 2.46. The molecule has 394 valence electrons. The SMILES string of the molecule is COc1ccc(CN(Cc2ccc(OC)cc2)c2cc(C)c(C(F)(F)F)c(-c3c(Cl)cc4c(N5CC6CCCC5CN6C(=O)OC(C)(C)C)nc(OC[C@@H]5CCCN5CCCCCCCO)nc4c3F)n2)cc1. The summed E-state index contributed by atoms with van der Waals surface area (Å²) in [5.41, 5.74) is -1.84. The number of nitrogens with zero attached hydrogens (tertiary/aromatic N) is 7. The van der Waals surface area contributed by atoms with E-state index in [1.54, 1.807) is 43.4 Å². The maximum absolute atomic E-state index is 18.1. The first-order chi connectivity index (χ1) is 34.9. The van der Waals surface area contributed by atoms with E-state index in [0.29, 0.717) is 43.2 Å². The van der Waals surface area contributed by atoms with Crippen LogP contribution in [0.5, 0.6) is 17.5 Å². The number of aliphatic hydroxyl groups excluding tert-OH is 1. The molecule has 6 heterocycles. The molecule has 1 N–H and O–H groups in total. The number of amides is 1. The van der Waals surface area contributed by atoms with E-state index < -0.39 is 40.5 Å². The Labute approximate surface area is 430 Å². The number of hydrogen-bond acceptors (Lipinski definition) is 12. The second-order valence-corrected chi connectivity index (χ2v) is 20.9. The Kier molecular flexibility index (Phi) is 17.1. The highest BCUT2D eigenvalue weighted by Gasteiger charge is 2.43. The molecule has 5 aromatic rings. The lowest BCUT2D eigenvalue weighted by atomic mass is 9.98. The minimum Gasteiger partial charge on any atom is -0.497 e. The van der Waals surface area contributed by atoms with Gasteiger partial charge in [0.1, 0.15) is 40.9 Å². The maximum Gasteiger partial charge on any atom is 0.418 e. The number of pyridine rings is 1. The second kappa shape index (κ2) is 23.3. The number of methoxy groups -OCH3 is 2. The molecule has 9 rings (SSSR count). The van der Waals surface area contributed by atoms with E-state index in [4.69, 9.17) is 40.5 Å². The summed E-state index contributed by atoms with van der Waals surface area (Å²) in [7, 11) is 3.13. The van der Waals surface area contributed by atoms with Crippen molar-refractivity contribution in [2.24, 2.45) is 0 Å². The van der Waals surface area contributed by atoms with E-state index in [1.807, 2.05) is 54.8 Å². The number of aliphatic hydroxyl groups is 1. The van der Waals surface area contributed by atoms with E-state index in [2.05, 4.69) is 9.88 Å². The molecule has 0 aliphatic carbocycles. The topological polar surface area (TPSA) is 126 Å². The third-order valence-corrected chi connectivity index (χ3v) is 14.4. The van der Waals surface area contributed by atoms with Crippen LogP contribution in [0.3, 0.4) is 0 Å². The molecular formula is C55H68ClF4N7O6. The molecular weight excluding hydrogens is 966 g/mol. The maximum atomic E-state index is 18.1. The Morgan fingerprint density at radius 3 is 2.11 bits per heavy atom. The molecule has 3 aromatic carbocycles. The van der Waals surface area contributed by atoms with Crippen LogP contribution >= 0.6 is 11.6 Å². The van der Waals surface area contributed by atoms with Crippen LogP contribution in [0.15, 0.2) is 60.7 Å². The first-order valence-electron chi connectivity index (χ1n) is 25.5. The van der Waals surface area contributed by atoms with Crippen molar-refractivity contribution in [1.29, 1.82) is 0 Å². The molecule has 1 amide bonds. The van der Waals surface area contributed by atoms with Crippen molar-refractivity contribution in [3.63, 3.8) is 0 Å². The number of benzene rings is 3. The molecule has 13 nitrogen and oxygen atoms in total. The van der Waals surface area contributed by atoms with Gasteiger partial charge in [-0.2, -0.15) is 23.1 Å². The van der Waals surface area contributed by atoms with Crippen LogP contribution in [-0.2, 0) is 24.0 Å². The lowest BCUT2D eigenvalue weighted by Gasteiger charge is -2.44. The predicted molar refractivity (Wildman–Crippen MR) is 275 cm³/mol. The van der Waals surface area contributed by atoms with Crippen LogP contribution < -0.4 is 24.0 Å². The van der Waals surface area contributed by atoms with Crippen LogP contribution in [0.2, 0.25) is 5.02 Å². The number of hydrogen-bond donors (Lipinski definition) is 1. The van der Waals surface area contributed by atoms with Gasteiger partial charge >= 0.3 is 18.3 Å². The van der Waals surface area contributed by atoms with Crippen molar-refractivity contribution in [2.45, 2.75) is 135 Å². The molecule has 4 saturated heterocycles. The number of likely N-dealkylation sites (tertiary alicyclic amines) is 1. The normalized spacial score (nSPS) is 18.3. The fourth-order valence-electron chi connectivity index (χ4n) is 10.5. The lowest BCUT2D eigenvalue weighted by Crippen LogP contribution is -2.59. The van der Waals surface area contributed by atoms with Gasteiger partial charge in [0.05, 0.1) is 42.1 Å². The molecule has 2 unspecified atom stereocenters. The van der Waals surface area contributed by atoms with Gasteiger partial charge in [-0.1, -0.05) is 55.1 Å². The molecule has 0 saturated carbocycles. The van der Waals surface area contributed by atoms with E-state index in [-0.39, 0.29) is 77.7 Å². The first-order valence-corrected chi connectivity index (χ1v) is 25.9. The van der Waals surface area contributed by atoms with Crippen molar-refractivity contribution in [3.8, 4) is 28.8 Å². The lowest BCUT2D eigenvalue weighted by molar-refractivity contribution is -0.137. The van der Waals surface area contributed by atoms with Gasteiger partial charge in [-0.3, -0.25) is 4.90 Å². The molecule has 0 radical (unpaired) electrons. The average Bonchev–Trinajstić information content (AvgIpc) is 3.56. The van der Waals surface area contributed by atoms with Gasteiger partial charge in [0, 0.05) is 50.3 Å². The summed E-state index contributed by atoms with van der Waals surface area (Å²) in [4.78, 5) is 36.0. The van der Waals surface area contributed by atoms with Crippen molar-refractivity contribution >= 4 is 40.2 Å². The van der Waals surface area contributed by atoms with E-state index in [1.165, 1.54) is 19.1 Å². The van der Waals surface area contributed by atoms with Gasteiger partial charge in [0.25, 0.3) is 0 Å². The number of anilines is 2. The van der Waals surface area contributed by atoms with Crippen molar-refractivity contribution < 1.29 is 46.4 Å². The molecule has 4 fully saturated rings. The standard InChI is InChI=1S/C55H68ClF4N7O6/c1-35-28-45(65(30-36-17-21-41(70-5)22-18-36)31-37-19-23-42(71-6)24-20-37)61-50(47(35)55(58,59)60)46-44(56)29-43-49(48(46)57)62-52(72-34-40-16-13-26-64(40)25-10-8-7-9-11-27-68)63-51(43)66-32-39-15-12-14-38(66)33-67(39)53(69)73-54(2,3)4/h17-24,28-29,38-40,68H,7-16,25-27,30-34H2,1-6H3/t38?,39?,40-/m0/s1. The van der Waals surface area contributed by atoms with Crippen LogP contribution in [0.1, 0.15) is 107 Å². The fraction of sp³-hybridized carbons (Fsp3) is 0.527. The molecule has 2 aromatic heterocycles. The summed E-state index contributed by atoms with van der Waals surface area (Å²) in [5, 5.41) is 9.08. The van der Waals surface area contributed by atoms with Gasteiger partial charge in [-0.15, -0.1) is 0 Å². The summed E-state index contributed by atoms with van der Waals surface area (Å²) in [6.45, 7) is 10.1. The molecule has 73 heavy (non-hydrogen) atoms. The number of unbranched alkanes of at least 4 members (excludes halogenated alkanes) is 4. The summed E-state index contributed by atoms with van der Waals surface area (Å²) in [6.07, 6.45) is 3.56. The van der Waals surface area contributed by atoms with E-state index in [9.17, 15) is 9.90 Å². The number of aromatic nitrogens is 3. The van der Waals surface area contributed by atoms with Crippen molar-refractivity contribution in [3.05, 3.63) is 93.8 Å². The van der Waals surface area contributed by atoms with Gasteiger partial charge in [0.15, 0.2) is 5.82 Å². The molecule has 3 atom stereocenters. The monoisotopic (exact) mass is 1030 g/mol. The third kappa shape index (κ3) is 12.8. The van der Waals surface area contributed by atoms with E-state index >= 15 is 17.6 Å². The number of fused-ring (bicyclic) bond motifs is 5. The van der Waals surface area contributed by atoms with Crippen molar-refractivity contribution in [1.82, 2.24) is 24.8 Å². The Morgan fingerprint density at radius 2 is 1.48 bits per heavy atom. The minimum absolute atomic E-state index is 0.0467. The quantitative estimate of drug-likeness (QED) is 0.0625. The van der Waals surface area contributed by atoms with Gasteiger partial charge in [0.2, 0.25) is 0 Å². The van der Waals surface area contributed by atoms with Crippen molar-refractivity contribution in [2.75, 3.05) is 63.4 Å². The predicted octanol–water partition coefficient (Wildman–Crippen LogP) is 11.8. The molecule has 0 spiro atoms. The molecule has 4 aliphatic rings. The average molecular weight is 1030 g/mol. The fourth-order valence-corrected chi connectivity index (χ4v) is 10.8. The summed E-state index contributed by atoms with van der Waals surface area (Å²) < 4.78 is 87.6. The highest BCUT2D eigenvalue weighted by atomic mass is 35.5. The number of halogens is 5. The first kappa shape index (κ1) is 53.6. The number of ether oxygens (including phenoxy) is 4. The Morgan fingerprint density at radius 1 is 0.836 bits per heavy atom. The number of rotatable bonds is 19. The third-order valence-electron chi connectivity index (χ3n) is 14.1. The Hall–Kier alpha value is -5.65. The number of carbonyl (C=O) groups is 1. The minimum atomic E-state index is -4.96. The second-order valence-electron chi connectivity index (χ2n) is 20.5. The van der Waals surface area contributed by atoms with Crippen LogP contribution in [-0.4, -0.2) is 113 Å². The molecule has 2 bridgehead atoms. The number of aryl methyl sites for hydroxylation is 1. The largest absolute Gasteiger partial charge is 0.497 e. The summed E-state index contributed by atoms with van der Waals surface area (Å²) >= 11 is 7.12. The van der Waals surface area contributed by atoms with Gasteiger partial charge in [-0.25, -0.2) is 14.2 Å². The zero-order valence-electron chi connectivity index (χ0n) is 42.7. The van der Waals surface area contributed by atoms with Crippen LogP contribution in [0, 0.1) is 12.7 Å². The number of piperazine rings is 1. The smallest absolute Gasteiger partial charge is 0.418 e. The van der Waals surface area contributed by atoms with Gasteiger partial charge < -0.3 is 38.8 Å². The molecule has 4 aliphatic heterocycles. The van der Waals surface area contributed by atoms with E-state index in [0.717, 1.165) is 75.6 Å². The highest BCUT2D eigenvalue weighted by molar-refractivity contribution is 6.34. The summed E-state index contributed by atoms with van der Waals surface area (Å²) in [5.74, 6) is 0.667. The number of alkyl halides is 3. The van der Waals surface area contributed by atoms with Crippen LogP contribution in [0.4, 0.5) is 34.0 Å². The summed E-state index contributed by atoms with van der Waals surface area (Å²) in [6, 6.07) is 16.9. The Bertz CT molecular complexity index is 2640. The Balaban J connectivity index is 1.22. The number of carbonyl (C=O) groups excluding carboxylic acids is 1. The zero-order valence-corrected chi connectivity index (χ0v) is 43.5.